The van der Waals surface area contributed by atoms with Gasteiger partial charge in [0.1, 0.15) is 11.6 Å². The van der Waals surface area contributed by atoms with Crippen LogP contribution in [0.15, 0.2) is 59.6 Å². The maximum absolute atomic E-state index is 12.7. The molecule has 0 fully saturated rings. The first kappa shape index (κ1) is 16.8. The van der Waals surface area contributed by atoms with E-state index in [4.69, 9.17) is 10.5 Å². The number of rotatable bonds is 8. The second kappa shape index (κ2) is 9.46. The second-order valence-electron chi connectivity index (χ2n) is 5.09. The Morgan fingerprint density at radius 3 is 2.57 bits per heavy atom. The molecule has 0 bridgehead atoms. The molecule has 0 heterocycles. The average molecular weight is 315 g/mol. The number of hydrogen-bond acceptors (Lipinski definition) is 2. The normalized spacial score (nSPS) is 11.3. The quantitative estimate of drug-likeness (QED) is 0.447. The fourth-order valence-electron chi connectivity index (χ4n) is 2.02. The molecule has 122 valence electrons. The highest BCUT2D eigenvalue weighted by Crippen LogP contribution is 2.11. The zero-order valence-corrected chi connectivity index (χ0v) is 13.0. The molecule has 0 saturated carbocycles. The van der Waals surface area contributed by atoms with Crippen LogP contribution in [0.25, 0.3) is 0 Å². The van der Waals surface area contributed by atoms with Crippen LogP contribution in [-0.2, 0) is 6.42 Å². The summed E-state index contributed by atoms with van der Waals surface area (Å²) in [5, 5.41) is 3.09. The Morgan fingerprint density at radius 2 is 1.83 bits per heavy atom. The van der Waals surface area contributed by atoms with Crippen LogP contribution >= 0.6 is 0 Å². The first-order valence-corrected chi connectivity index (χ1v) is 7.70. The van der Waals surface area contributed by atoms with Gasteiger partial charge >= 0.3 is 0 Å². The number of benzene rings is 2. The van der Waals surface area contributed by atoms with Crippen LogP contribution in [0.1, 0.15) is 12.0 Å². The van der Waals surface area contributed by atoms with Gasteiger partial charge in [-0.1, -0.05) is 30.3 Å². The summed E-state index contributed by atoms with van der Waals surface area (Å²) in [4.78, 5) is 4.24. The molecule has 0 aliphatic rings. The lowest BCUT2D eigenvalue weighted by Crippen LogP contribution is -2.33. The van der Waals surface area contributed by atoms with Crippen LogP contribution in [0.3, 0.4) is 0 Å². The number of halogens is 1. The molecule has 0 saturated heterocycles. The van der Waals surface area contributed by atoms with E-state index in [1.165, 1.54) is 17.7 Å². The van der Waals surface area contributed by atoms with Crippen molar-refractivity contribution in [2.24, 2.45) is 10.7 Å². The van der Waals surface area contributed by atoms with E-state index in [-0.39, 0.29) is 5.82 Å². The molecule has 2 rings (SSSR count). The number of aliphatic imine (C=N–C) groups is 1. The minimum absolute atomic E-state index is 0.267. The average Bonchev–Trinajstić information content (AvgIpc) is 2.57. The Labute approximate surface area is 136 Å². The van der Waals surface area contributed by atoms with Gasteiger partial charge in [-0.3, -0.25) is 4.99 Å². The van der Waals surface area contributed by atoms with E-state index in [2.05, 4.69) is 22.4 Å². The zero-order chi connectivity index (χ0) is 16.3. The van der Waals surface area contributed by atoms with Crippen molar-refractivity contribution in [3.8, 4) is 5.75 Å². The minimum Gasteiger partial charge on any atom is -0.494 e. The van der Waals surface area contributed by atoms with Crippen molar-refractivity contribution in [2.45, 2.75) is 12.8 Å². The molecular formula is C18H22FN3O. The van der Waals surface area contributed by atoms with E-state index < -0.39 is 0 Å². The summed E-state index contributed by atoms with van der Waals surface area (Å²) in [7, 11) is 0. The van der Waals surface area contributed by atoms with Crippen LogP contribution in [0.5, 0.6) is 5.75 Å². The number of nitrogens with zero attached hydrogens (tertiary/aromatic N) is 1. The molecule has 2 aromatic rings. The fourth-order valence-corrected chi connectivity index (χ4v) is 2.02. The summed E-state index contributed by atoms with van der Waals surface area (Å²) < 4.78 is 18.2. The van der Waals surface area contributed by atoms with Gasteiger partial charge in [-0.2, -0.15) is 0 Å². The van der Waals surface area contributed by atoms with Gasteiger partial charge in [-0.15, -0.1) is 0 Å². The molecule has 0 aliphatic heterocycles. The van der Waals surface area contributed by atoms with Gasteiger partial charge in [0.25, 0.3) is 0 Å². The molecule has 0 aliphatic carbocycles. The van der Waals surface area contributed by atoms with Crippen molar-refractivity contribution in [1.29, 1.82) is 0 Å². The topological polar surface area (TPSA) is 59.6 Å². The van der Waals surface area contributed by atoms with Crippen LogP contribution in [0, 0.1) is 5.82 Å². The van der Waals surface area contributed by atoms with E-state index in [9.17, 15) is 4.39 Å². The Bertz CT molecular complexity index is 599. The molecule has 0 unspecified atom stereocenters. The van der Waals surface area contributed by atoms with Gasteiger partial charge in [0, 0.05) is 19.5 Å². The van der Waals surface area contributed by atoms with E-state index in [0.29, 0.717) is 24.9 Å². The third-order valence-electron chi connectivity index (χ3n) is 3.23. The van der Waals surface area contributed by atoms with Crippen molar-refractivity contribution in [2.75, 3.05) is 19.7 Å². The zero-order valence-electron chi connectivity index (χ0n) is 13.0. The van der Waals surface area contributed by atoms with Crippen molar-refractivity contribution in [3.05, 3.63) is 66.0 Å². The first-order valence-electron chi connectivity index (χ1n) is 7.70. The van der Waals surface area contributed by atoms with Crippen LogP contribution in [0.2, 0.25) is 0 Å². The lowest BCUT2D eigenvalue weighted by Gasteiger charge is -2.07. The van der Waals surface area contributed by atoms with Crippen LogP contribution in [0.4, 0.5) is 4.39 Å². The highest BCUT2D eigenvalue weighted by atomic mass is 19.1. The van der Waals surface area contributed by atoms with Gasteiger partial charge in [0.15, 0.2) is 5.96 Å². The number of guanidine groups is 1. The van der Waals surface area contributed by atoms with Gasteiger partial charge in [0.2, 0.25) is 0 Å². The molecule has 0 radical (unpaired) electrons. The number of ether oxygens (including phenoxy) is 1. The first-order chi connectivity index (χ1) is 11.2. The predicted octanol–water partition coefficient (Wildman–Crippen LogP) is 2.74. The third kappa shape index (κ3) is 6.82. The maximum atomic E-state index is 12.7. The Kier molecular flexibility index (Phi) is 6.91. The van der Waals surface area contributed by atoms with Gasteiger partial charge < -0.3 is 15.8 Å². The molecule has 2 aromatic carbocycles. The second-order valence-corrected chi connectivity index (χ2v) is 5.09. The van der Waals surface area contributed by atoms with Gasteiger partial charge in [-0.25, -0.2) is 4.39 Å². The summed E-state index contributed by atoms with van der Waals surface area (Å²) in [6.45, 7) is 1.86. The van der Waals surface area contributed by atoms with Gasteiger partial charge in [0.05, 0.1) is 6.61 Å². The fraction of sp³-hybridized carbons (Fsp3) is 0.278. The van der Waals surface area contributed by atoms with E-state index >= 15 is 0 Å². The largest absolute Gasteiger partial charge is 0.494 e. The number of nitrogens with one attached hydrogen (secondary N) is 1. The lowest BCUT2D eigenvalue weighted by atomic mass is 10.1. The highest BCUT2D eigenvalue weighted by Gasteiger charge is 1.96. The predicted molar refractivity (Wildman–Crippen MR) is 91.2 cm³/mol. The summed E-state index contributed by atoms with van der Waals surface area (Å²) >= 11 is 0. The standard InChI is InChI=1S/C18H22FN3O/c19-16-7-9-17(10-8-16)23-14-4-12-21-18(20)22-13-11-15-5-2-1-3-6-15/h1-3,5-10H,4,11-14H2,(H3,20,21,22). The maximum Gasteiger partial charge on any atom is 0.188 e. The van der Waals surface area contributed by atoms with Crippen molar-refractivity contribution < 1.29 is 9.13 Å². The molecule has 3 N–H and O–H groups in total. The van der Waals surface area contributed by atoms with Gasteiger partial charge in [-0.05, 0) is 36.2 Å². The minimum atomic E-state index is -0.267. The molecule has 4 nitrogen and oxygen atoms in total. The Hall–Kier alpha value is -2.56. The summed E-state index contributed by atoms with van der Waals surface area (Å²) in [5.74, 6) is 0.836. The summed E-state index contributed by atoms with van der Waals surface area (Å²) in [6, 6.07) is 16.2. The van der Waals surface area contributed by atoms with Crippen LogP contribution < -0.4 is 15.8 Å². The molecule has 23 heavy (non-hydrogen) atoms. The van der Waals surface area contributed by atoms with Crippen LogP contribution in [-0.4, -0.2) is 25.7 Å². The molecule has 0 aromatic heterocycles. The Morgan fingerprint density at radius 1 is 1.09 bits per heavy atom. The third-order valence-corrected chi connectivity index (χ3v) is 3.23. The number of hydrogen-bond donors (Lipinski definition) is 2. The van der Waals surface area contributed by atoms with Crippen molar-refractivity contribution in [1.82, 2.24) is 5.32 Å². The molecule has 5 heteroatoms. The van der Waals surface area contributed by atoms with E-state index in [1.807, 2.05) is 18.2 Å². The molecule has 0 atom stereocenters. The molecule has 0 amide bonds. The Balaban J connectivity index is 1.56. The monoisotopic (exact) mass is 315 g/mol. The van der Waals surface area contributed by atoms with E-state index in [0.717, 1.165) is 19.4 Å². The van der Waals surface area contributed by atoms with E-state index in [1.54, 1.807) is 12.1 Å². The number of nitrogens with two attached hydrogens (primary N) is 1. The summed E-state index contributed by atoms with van der Waals surface area (Å²) in [5.41, 5.74) is 7.07. The van der Waals surface area contributed by atoms with Crippen molar-refractivity contribution >= 4 is 5.96 Å². The smallest absolute Gasteiger partial charge is 0.188 e. The van der Waals surface area contributed by atoms with Crippen molar-refractivity contribution in [3.63, 3.8) is 0 Å². The highest BCUT2D eigenvalue weighted by molar-refractivity contribution is 5.77. The lowest BCUT2D eigenvalue weighted by molar-refractivity contribution is 0.313. The SMILES string of the molecule is NC(=NCCCOc1ccc(F)cc1)NCCc1ccccc1. The molecule has 0 spiro atoms. The summed E-state index contributed by atoms with van der Waals surface area (Å²) in [6.07, 6.45) is 1.66. The molecular weight excluding hydrogens is 293 g/mol.